The maximum Gasteiger partial charge on any atom is 0.337 e. The van der Waals surface area contributed by atoms with Crippen LogP contribution in [0.3, 0.4) is 0 Å². The van der Waals surface area contributed by atoms with E-state index in [1.165, 1.54) is 0 Å². The fourth-order valence-corrected chi connectivity index (χ4v) is 2.18. The number of methoxy groups -OCH3 is 1. The van der Waals surface area contributed by atoms with E-state index in [2.05, 4.69) is 25.7 Å². The van der Waals surface area contributed by atoms with Crippen molar-refractivity contribution in [1.82, 2.24) is 0 Å². The van der Waals surface area contributed by atoms with E-state index in [1.807, 2.05) is 6.07 Å². The molecule has 0 spiro atoms. The van der Waals surface area contributed by atoms with Crippen LogP contribution in [0.25, 0.3) is 0 Å². The highest BCUT2D eigenvalue weighted by atomic mass is 16.5. The van der Waals surface area contributed by atoms with E-state index in [9.17, 15) is 9.90 Å². The lowest BCUT2D eigenvalue weighted by molar-refractivity contribution is 0.0697. The molecule has 1 atom stereocenters. The summed E-state index contributed by atoms with van der Waals surface area (Å²) < 4.78 is 5.24. The summed E-state index contributed by atoms with van der Waals surface area (Å²) in [5.74, 6) is -0.206. The minimum atomic E-state index is -0.896. The molecular formula is C16H25NO3. The molecule has 0 fully saturated rings. The van der Waals surface area contributed by atoms with Crippen molar-refractivity contribution in [2.24, 2.45) is 0 Å². The van der Waals surface area contributed by atoms with Gasteiger partial charge in [-0.1, -0.05) is 20.3 Å². The second-order valence-electron chi connectivity index (χ2n) is 4.99. The molecule has 0 aliphatic heterocycles. The predicted molar refractivity (Wildman–Crippen MR) is 82.0 cm³/mol. The van der Waals surface area contributed by atoms with Crippen molar-refractivity contribution in [3.05, 3.63) is 23.8 Å². The van der Waals surface area contributed by atoms with Crippen molar-refractivity contribution in [3.8, 4) is 5.75 Å². The van der Waals surface area contributed by atoms with Gasteiger partial charge in [-0.05, 0) is 31.9 Å². The van der Waals surface area contributed by atoms with E-state index in [4.69, 9.17) is 4.74 Å². The number of aromatic carboxylic acids is 1. The molecule has 1 rings (SSSR count). The van der Waals surface area contributed by atoms with Crippen LogP contribution in [0.15, 0.2) is 18.2 Å². The van der Waals surface area contributed by atoms with Crippen LogP contribution in [0.5, 0.6) is 5.75 Å². The number of hydrogen-bond acceptors (Lipinski definition) is 3. The number of anilines is 1. The Kier molecular flexibility index (Phi) is 6.36. The summed E-state index contributed by atoms with van der Waals surface area (Å²) >= 11 is 0. The Hall–Kier alpha value is -1.71. The largest absolute Gasteiger partial charge is 0.497 e. The van der Waals surface area contributed by atoms with Gasteiger partial charge in [0.25, 0.3) is 0 Å². The number of nitrogens with zero attached hydrogens (tertiary/aromatic N) is 1. The first kappa shape index (κ1) is 16.3. The molecule has 0 saturated heterocycles. The van der Waals surface area contributed by atoms with Crippen LogP contribution >= 0.6 is 0 Å². The molecule has 1 unspecified atom stereocenters. The Labute approximate surface area is 121 Å². The molecule has 0 amide bonds. The lowest BCUT2D eigenvalue weighted by Crippen LogP contribution is -2.34. The normalized spacial score (nSPS) is 12.0. The van der Waals surface area contributed by atoms with Crippen molar-refractivity contribution in [2.75, 3.05) is 18.6 Å². The number of carbonyl (C=O) groups is 1. The molecule has 4 nitrogen and oxygen atoms in total. The molecule has 0 bridgehead atoms. The van der Waals surface area contributed by atoms with Crippen LogP contribution in [-0.4, -0.2) is 30.8 Å². The minimum Gasteiger partial charge on any atom is -0.497 e. The van der Waals surface area contributed by atoms with Gasteiger partial charge in [0, 0.05) is 18.7 Å². The fraction of sp³-hybridized carbons (Fsp3) is 0.562. The van der Waals surface area contributed by atoms with Crippen LogP contribution < -0.4 is 9.64 Å². The van der Waals surface area contributed by atoms with Crippen molar-refractivity contribution in [1.29, 1.82) is 0 Å². The number of rotatable bonds is 8. The molecule has 1 aromatic rings. The van der Waals surface area contributed by atoms with Gasteiger partial charge in [0.15, 0.2) is 0 Å². The van der Waals surface area contributed by atoms with Gasteiger partial charge in [-0.15, -0.1) is 0 Å². The van der Waals surface area contributed by atoms with Gasteiger partial charge in [-0.25, -0.2) is 4.79 Å². The van der Waals surface area contributed by atoms with E-state index in [0.717, 1.165) is 31.5 Å². The lowest BCUT2D eigenvalue weighted by atomic mass is 10.1. The molecule has 112 valence electrons. The molecule has 0 saturated carbocycles. The second-order valence-corrected chi connectivity index (χ2v) is 4.99. The van der Waals surface area contributed by atoms with Crippen molar-refractivity contribution < 1.29 is 14.6 Å². The third-order valence-electron chi connectivity index (χ3n) is 3.62. The lowest BCUT2D eigenvalue weighted by Gasteiger charge is -2.32. The maximum atomic E-state index is 11.4. The SMILES string of the molecule is CCCCN(c1cc(OC)ccc1C(=O)O)C(C)CC. The molecule has 0 radical (unpaired) electrons. The molecular weight excluding hydrogens is 254 g/mol. The Morgan fingerprint density at radius 2 is 2.10 bits per heavy atom. The minimum absolute atomic E-state index is 0.298. The van der Waals surface area contributed by atoms with Crippen molar-refractivity contribution >= 4 is 11.7 Å². The van der Waals surface area contributed by atoms with Crippen LogP contribution in [0, 0.1) is 0 Å². The number of carboxylic acids is 1. The number of hydrogen-bond donors (Lipinski definition) is 1. The zero-order valence-corrected chi connectivity index (χ0v) is 12.8. The maximum absolute atomic E-state index is 11.4. The zero-order valence-electron chi connectivity index (χ0n) is 12.8. The monoisotopic (exact) mass is 279 g/mol. The Morgan fingerprint density at radius 1 is 1.40 bits per heavy atom. The van der Waals surface area contributed by atoms with Gasteiger partial charge >= 0.3 is 5.97 Å². The van der Waals surface area contributed by atoms with E-state index in [1.54, 1.807) is 19.2 Å². The zero-order chi connectivity index (χ0) is 15.1. The van der Waals surface area contributed by atoms with Gasteiger partial charge < -0.3 is 14.7 Å². The predicted octanol–water partition coefficient (Wildman–Crippen LogP) is 3.80. The number of unbranched alkanes of at least 4 members (excludes halogenated alkanes) is 1. The van der Waals surface area contributed by atoms with Crippen molar-refractivity contribution in [3.63, 3.8) is 0 Å². The number of ether oxygens (including phenoxy) is 1. The quantitative estimate of drug-likeness (QED) is 0.786. The highest BCUT2D eigenvalue weighted by Crippen LogP contribution is 2.29. The Bertz CT molecular complexity index is 445. The summed E-state index contributed by atoms with van der Waals surface area (Å²) in [7, 11) is 1.60. The summed E-state index contributed by atoms with van der Waals surface area (Å²) in [6.45, 7) is 7.24. The summed E-state index contributed by atoms with van der Waals surface area (Å²) in [4.78, 5) is 13.6. The molecule has 20 heavy (non-hydrogen) atoms. The van der Waals surface area contributed by atoms with Crippen molar-refractivity contribution in [2.45, 2.75) is 46.1 Å². The third kappa shape index (κ3) is 3.89. The van der Waals surface area contributed by atoms with Gasteiger partial charge in [0.1, 0.15) is 5.75 Å². The third-order valence-corrected chi connectivity index (χ3v) is 3.62. The van der Waals surface area contributed by atoms with E-state index in [-0.39, 0.29) is 0 Å². The number of benzene rings is 1. The average molecular weight is 279 g/mol. The standard InChI is InChI=1S/C16H25NO3/c1-5-7-10-17(12(3)6-2)15-11-13(20-4)8-9-14(15)16(18)19/h8-9,11-12H,5-7,10H2,1-4H3,(H,18,19). The van der Waals surface area contributed by atoms with Gasteiger partial charge in [0.2, 0.25) is 0 Å². The molecule has 1 aromatic carbocycles. The summed E-state index contributed by atoms with van der Waals surface area (Å²) in [5.41, 5.74) is 1.09. The van der Waals surface area contributed by atoms with Crippen LogP contribution in [0.4, 0.5) is 5.69 Å². The first-order valence-corrected chi connectivity index (χ1v) is 7.23. The average Bonchev–Trinajstić information content (AvgIpc) is 2.46. The smallest absolute Gasteiger partial charge is 0.337 e. The summed E-state index contributed by atoms with van der Waals surface area (Å²) in [6, 6.07) is 5.44. The van der Waals surface area contributed by atoms with Gasteiger partial charge in [0.05, 0.1) is 18.4 Å². The second kappa shape index (κ2) is 7.78. The Balaban J connectivity index is 3.23. The van der Waals surface area contributed by atoms with Crippen LogP contribution in [0.2, 0.25) is 0 Å². The van der Waals surface area contributed by atoms with E-state index >= 15 is 0 Å². The molecule has 1 N–H and O–H groups in total. The summed E-state index contributed by atoms with van der Waals surface area (Å²) in [5, 5.41) is 9.39. The van der Waals surface area contributed by atoms with Gasteiger partial charge in [-0.2, -0.15) is 0 Å². The van der Waals surface area contributed by atoms with Crippen LogP contribution in [-0.2, 0) is 0 Å². The van der Waals surface area contributed by atoms with Gasteiger partial charge in [-0.3, -0.25) is 0 Å². The topological polar surface area (TPSA) is 49.8 Å². The van der Waals surface area contributed by atoms with E-state index in [0.29, 0.717) is 17.4 Å². The molecule has 4 heteroatoms. The molecule has 0 heterocycles. The van der Waals surface area contributed by atoms with E-state index < -0.39 is 5.97 Å². The molecule has 0 aliphatic rings. The first-order valence-electron chi connectivity index (χ1n) is 7.23. The Morgan fingerprint density at radius 3 is 2.60 bits per heavy atom. The number of carboxylic acid groups (broad SMARTS) is 1. The molecule has 0 aromatic heterocycles. The van der Waals surface area contributed by atoms with Crippen LogP contribution in [0.1, 0.15) is 50.4 Å². The fourth-order valence-electron chi connectivity index (χ4n) is 2.18. The molecule has 0 aliphatic carbocycles. The summed E-state index contributed by atoms with van der Waals surface area (Å²) in [6.07, 6.45) is 3.10. The highest BCUT2D eigenvalue weighted by Gasteiger charge is 2.20. The highest BCUT2D eigenvalue weighted by molar-refractivity contribution is 5.95. The first-order chi connectivity index (χ1) is 9.54.